The lowest BCUT2D eigenvalue weighted by atomic mass is 10.1. The van der Waals surface area contributed by atoms with E-state index in [-0.39, 0.29) is 12.5 Å². The monoisotopic (exact) mass is 417 g/mol. The van der Waals surface area contributed by atoms with Gasteiger partial charge in [0.15, 0.2) is 22.7 Å². The quantitative estimate of drug-likeness (QED) is 0.570. The first-order chi connectivity index (χ1) is 14.3. The third kappa shape index (κ3) is 3.49. The Hall–Kier alpha value is -3.76. The van der Waals surface area contributed by atoms with E-state index < -0.39 is 11.2 Å². The first-order valence-electron chi connectivity index (χ1n) is 9.03. The molecule has 0 aliphatic rings. The molecule has 0 unspecified atom stereocenters. The van der Waals surface area contributed by atoms with Crippen LogP contribution in [0.3, 0.4) is 0 Å². The van der Waals surface area contributed by atoms with E-state index >= 15 is 0 Å². The number of fused-ring (bicyclic) bond motifs is 1. The second-order valence-electron chi connectivity index (χ2n) is 6.49. The van der Waals surface area contributed by atoms with Gasteiger partial charge in [-0.3, -0.25) is 18.7 Å². The van der Waals surface area contributed by atoms with Gasteiger partial charge in [-0.2, -0.15) is 0 Å². The van der Waals surface area contributed by atoms with Gasteiger partial charge in [0, 0.05) is 32.7 Å². The Morgan fingerprint density at radius 2 is 1.67 bits per heavy atom. The van der Waals surface area contributed by atoms with Crippen LogP contribution in [0.2, 0.25) is 0 Å². The molecule has 1 N–H and O–H groups in total. The van der Waals surface area contributed by atoms with Crippen LogP contribution in [-0.4, -0.2) is 52.5 Å². The van der Waals surface area contributed by atoms with Crippen LogP contribution in [0.25, 0.3) is 11.2 Å². The molecule has 3 aromatic rings. The van der Waals surface area contributed by atoms with Gasteiger partial charge in [0.05, 0.1) is 27.7 Å². The molecule has 0 atom stereocenters. The largest absolute Gasteiger partial charge is 0.493 e. The highest BCUT2D eigenvalue weighted by Crippen LogP contribution is 2.38. The SMILES string of the molecule is COc1cc(C(=O)NCCn2cnc3c2c(=O)n(C)c(=O)n3C)cc(OC)c1OC. The van der Waals surface area contributed by atoms with Crippen molar-refractivity contribution < 1.29 is 19.0 Å². The smallest absolute Gasteiger partial charge is 0.332 e. The zero-order valence-electron chi connectivity index (χ0n) is 17.4. The van der Waals surface area contributed by atoms with Crippen molar-refractivity contribution in [2.24, 2.45) is 14.1 Å². The second kappa shape index (κ2) is 8.31. The molecule has 3 rings (SSSR count). The van der Waals surface area contributed by atoms with E-state index in [1.807, 2.05) is 0 Å². The molecule has 0 saturated heterocycles. The maximum Gasteiger partial charge on any atom is 0.332 e. The van der Waals surface area contributed by atoms with Crippen LogP contribution >= 0.6 is 0 Å². The van der Waals surface area contributed by atoms with Gasteiger partial charge in [0.1, 0.15) is 0 Å². The summed E-state index contributed by atoms with van der Waals surface area (Å²) < 4.78 is 19.7. The van der Waals surface area contributed by atoms with Crippen molar-refractivity contribution in [3.63, 3.8) is 0 Å². The molecule has 1 amide bonds. The normalized spacial score (nSPS) is 10.8. The average Bonchev–Trinajstić information content (AvgIpc) is 3.18. The van der Waals surface area contributed by atoms with Gasteiger partial charge < -0.3 is 24.1 Å². The van der Waals surface area contributed by atoms with E-state index in [2.05, 4.69) is 10.3 Å². The summed E-state index contributed by atoms with van der Waals surface area (Å²) in [7, 11) is 7.38. The molecule has 30 heavy (non-hydrogen) atoms. The number of aromatic nitrogens is 4. The Morgan fingerprint density at radius 1 is 1.03 bits per heavy atom. The number of nitrogens with one attached hydrogen (secondary N) is 1. The van der Waals surface area contributed by atoms with Crippen LogP contribution in [0.4, 0.5) is 0 Å². The fourth-order valence-corrected chi connectivity index (χ4v) is 3.17. The molecule has 11 nitrogen and oxygen atoms in total. The minimum Gasteiger partial charge on any atom is -0.493 e. The van der Waals surface area contributed by atoms with Crippen LogP contribution < -0.4 is 30.8 Å². The van der Waals surface area contributed by atoms with Crippen LogP contribution in [0, 0.1) is 0 Å². The molecule has 0 aliphatic carbocycles. The Labute approximate surface area is 171 Å². The predicted octanol–water partition coefficient (Wildman–Crippen LogP) is -0.110. The van der Waals surface area contributed by atoms with Gasteiger partial charge in [-0.1, -0.05) is 0 Å². The van der Waals surface area contributed by atoms with E-state index in [1.54, 1.807) is 23.7 Å². The van der Waals surface area contributed by atoms with Crippen molar-refractivity contribution in [1.82, 2.24) is 24.0 Å². The van der Waals surface area contributed by atoms with E-state index in [9.17, 15) is 14.4 Å². The maximum atomic E-state index is 12.6. The molecule has 0 aliphatic heterocycles. The van der Waals surface area contributed by atoms with Gasteiger partial charge in [0.25, 0.3) is 11.5 Å². The number of hydrogen-bond acceptors (Lipinski definition) is 7. The third-order valence-corrected chi connectivity index (χ3v) is 4.78. The van der Waals surface area contributed by atoms with Crippen molar-refractivity contribution in [1.29, 1.82) is 0 Å². The summed E-state index contributed by atoms with van der Waals surface area (Å²) in [6.45, 7) is 0.521. The van der Waals surface area contributed by atoms with Crippen LogP contribution in [-0.2, 0) is 20.6 Å². The average molecular weight is 417 g/mol. The van der Waals surface area contributed by atoms with Gasteiger partial charge in [-0.25, -0.2) is 9.78 Å². The Bertz CT molecular complexity index is 1200. The zero-order valence-corrected chi connectivity index (χ0v) is 17.4. The van der Waals surface area contributed by atoms with Crippen molar-refractivity contribution in [2.45, 2.75) is 6.54 Å². The molecular formula is C19H23N5O6. The van der Waals surface area contributed by atoms with Crippen molar-refractivity contribution in [3.8, 4) is 17.2 Å². The number of rotatable bonds is 7. The Morgan fingerprint density at radius 3 is 2.23 bits per heavy atom. The van der Waals surface area contributed by atoms with E-state index in [4.69, 9.17) is 14.2 Å². The van der Waals surface area contributed by atoms with Gasteiger partial charge in [0.2, 0.25) is 5.75 Å². The molecule has 11 heteroatoms. The number of carbonyl (C=O) groups is 1. The Balaban J connectivity index is 1.80. The molecule has 160 valence electrons. The molecule has 1 aromatic carbocycles. The van der Waals surface area contributed by atoms with Crippen molar-refractivity contribution in [2.75, 3.05) is 27.9 Å². The topological polar surface area (TPSA) is 119 Å². The number of ether oxygens (including phenoxy) is 3. The number of hydrogen-bond donors (Lipinski definition) is 1. The van der Waals surface area contributed by atoms with E-state index in [0.717, 1.165) is 4.57 Å². The number of amides is 1. The van der Waals surface area contributed by atoms with Crippen molar-refractivity contribution in [3.05, 3.63) is 44.9 Å². The summed E-state index contributed by atoms with van der Waals surface area (Å²) in [6.07, 6.45) is 1.47. The molecule has 0 saturated carbocycles. The number of nitrogens with zero attached hydrogens (tertiary/aromatic N) is 4. The van der Waals surface area contributed by atoms with Crippen LogP contribution in [0.15, 0.2) is 28.0 Å². The molecule has 2 aromatic heterocycles. The summed E-state index contributed by atoms with van der Waals surface area (Å²) in [5.41, 5.74) is 0.0222. The highest BCUT2D eigenvalue weighted by molar-refractivity contribution is 5.95. The standard InChI is InChI=1S/C19H23N5O6/c1-22-16-14(18(26)23(2)19(22)27)24(10-21-16)7-6-20-17(25)11-8-12(28-3)15(30-5)13(9-11)29-4/h8-10H,6-7H2,1-5H3,(H,20,25). The van der Waals surface area contributed by atoms with Gasteiger partial charge in [-0.05, 0) is 12.1 Å². The molecule has 0 radical (unpaired) electrons. The minimum absolute atomic E-state index is 0.229. The molecule has 0 bridgehead atoms. The summed E-state index contributed by atoms with van der Waals surface area (Å²) in [6, 6.07) is 3.10. The number of methoxy groups -OCH3 is 3. The van der Waals surface area contributed by atoms with E-state index in [1.165, 1.54) is 39.3 Å². The summed E-state index contributed by atoms with van der Waals surface area (Å²) in [5, 5.41) is 2.79. The molecule has 2 heterocycles. The Kier molecular flexibility index (Phi) is 5.81. The fourth-order valence-electron chi connectivity index (χ4n) is 3.17. The van der Waals surface area contributed by atoms with Crippen LogP contribution in [0.5, 0.6) is 17.2 Å². The molecule has 0 fully saturated rings. The fraction of sp³-hybridized carbons (Fsp3) is 0.368. The van der Waals surface area contributed by atoms with Gasteiger partial charge in [-0.15, -0.1) is 0 Å². The van der Waals surface area contributed by atoms with Gasteiger partial charge >= 0.3 is 5.69 Å². The lowest BCUT2D eigenvalue weighted by Crippen LogP contribution is -2.38. The molecular weight excluding hydrogens is 394 g/mol. The first-order valence-corrected chi connectivity index (χ1v) is 9.03. The number of carbonyl (C=O) groups excluding carboxylic acids is 1. The summed E-state index contributed by atoms with van der Waals surface area (Å²) >= 11 is 0. The number of benzene rings is 1. The lowest BCUT2D eigenvalue weighted by molar-refractivity contribution is 0.0951. The lowest BCUT2D eigenvalue weighted by Gasteiger charge is -2.14. The second-order valence-corrected chi connectivity index (χ2v) is 6.49. The van der Waals surface area contributed by atoms with Crippen LogP contribution in [0.1, 0.15) is 10.4 Å². The van der Waals surface area contributed by atoms with E-state index in [0.29, 0.717) is 40.5 Å². The highest BCUT2D eigenvalue weighted by Gasteiger charge is 2.17. The number of imidazole rings is 1. The molecule has 0 spiro atoms. The third-order valence-electron chi connectivity index (χ3n) is 4.78. The zero-order chi connectivity index (χ0) is 22.0. The highest BCUT2D eigenvalue weighted by atomic mass is 16.5. The maximum absolute atomic E-state index is 12.6. The predicted molar refractivity (Wildman–Crippen MR) is 109 cm³/mol. The minimum atomic E-state index is -0.451. The summed E-state index contributed by atoms with van der Waals surface area (Å²) in [5.74, 6) is 0.779. The first kappa shape index (κ1) is 21.0. The van der Waals surface area contributed by atoms with Crippen molar-refractivity contribution >= 4 is 17.1 Å². The number of aryl methyl sites for hydroxylation is 1. The summed E-state index contributed by atoms with van der Waals surface area (Å²) in [4.78, 5) is 41.2.